The Balaban J connectivity index is 2.03. The van der Waals surface area contributed by atoms with E-state index in [2.05, 4.69) is 42.7 Å². The van der Waals surface area contributed by atoms with E-state index in [1.54, 1.807) is 7.11 Å². The molecule has 1 fully saturated rings. The van der Waals surface area contributed by atoms with Gasteiger partial charge in [0.2, 0.25) is 0 Å². The second-order valence-electron chi connectivity index (χ2n) is 8.72. The van der Waals surface area contributed by atoms with Gasteiger partial charge in [0.05, 0.1) is 13.7 Å². The number of hydrogen-bond donors (Lipinski definition) is 1. The van der Waals surface area contributed by atoms with Crippen molar-refractivity contribution in [3.05, 3.63) is 29.3 Å². The van der Waals surface area contributed by atoms with E-state index in [1.807, 2.05) is 13.0 Å². The van der Waals surface area contributed by atoms with Gasteiger partial charge in [0.15, 0.2) is 0 Å². The number of ether oxygens (including phenoxy) is 2. The average molecular weight is 379 g/mol. The number of methoxy groups -OCH3 is 1. The highest BCUT2D eigenvalue weighted by Gasteiger charge is 2.29. The van der Waals surface area contributed by atoms with Crippen molar-refractivity contribution in [2.45, 2.75) is 53.3 Å². The summed E-state index contributed by atoms with van der Waals surface area (Å²) in [5.74, 6) is 0.889. The van der Waals surface area contributed by atoms with Gasteiger partial charge >= 0.3 is 0 Å². The fourth-order valence-electron chi connectivity index (χ4n) is 3.85. The van der Waals surface area contributed by atoms with Gasteiger partial charge in [-0.25, -0.2) is 0 Å². The zero-order valence-corrected chi connectivity index (χ0v) is 17.8. The maximum Gasteiger partial charge on any atom is 0.124 e. The minimum absolute atomic E-state index is 0.250. The number of aliphatic hydroxyl groups excluding tert-OH is 1. The van der Waals surface area contributed by atoms with Crippen LogP contribution in [0.5, 0.6) is 5.75 Å². The van der Waals surface area contributed by atoms with E-state index in [0.29, 0.717) is 19.3 Å². The second kappa shape index (κ2) is 10.4. The number of aliphatic hydroxyl groups is 1. The Morgan fingerprint density at radius 2 is 2.00 bits per heavy atom. The van der Waals surface area contributed by atoms with Crippen LogP contribution in [0.15, 0.2) is 18.2 Å². The zero-order valence-electron chi connectivity index (χ0n) is 17.8. The Morgan fingerprint density at radius 3 is 2.63 bits per heavy atom. The first kappa shape index (κ1) is 22.2. The molecular formula is C22H38N2O3. The zero-order chi connectivity index (χ0) is 19.9. The van der Waals surface area contributed by atoms with Crippen molar-refractivity contribution in [2.75, 3.05) is 46.5 Å². The molecule has 2 rings (SSSR count). The number of piperazine rings is 1. The fraction of sp³-hybridized carbons (Fsp3) is 0.727. The predicted octanol–water partition coefficient (Wildman–Crippen LogP) is 3.15. The lowest BCUT2D eigenvalue weighted by atomic mass is 9.94. The van der Waals surface area contributed by atoms with Crippen LogP contribution in [0.1, 0.15) is 45.2 Å². The van der Waals surface area contributed by atoms with Gasteiger partial charge in [-0.1, -0.05) is 26.8 Å². The third kappa shape index (κ3) is 7.07. The Labute approximate surface area is 165 Å². The van der Waals surface area contributed by atoms with Crippen molar-refractivity contribution >= 4 is 0 Å². The van der Waals surface area contributed by atoms with Crippen LogP contribution in [0, 0.1) is 5.41 Å². The van der Waals surface area contributed by atoms with E-state index in [1.165, 1.54) is 5.56 Å². The molecule has 0 spiro atoms. The molecular weight excluding hydrogens is 340 g/mol. The summed E-state index contributed by atoms with van der Waals surface area (Å²) in [6.07, 6.45) is 0.838. The van der Waals surface area contributed by atoms with E-state index in [4.69, 9.17) is 9.47 Å². The van der Waals surface area contributed by atoms with Crippen LogP contribution in [0.4, 0.5) is 0 Å². The van der Waals surface area contributed by atoms with Gasteiger partial charge in [0, 0.05) is 57.5 Å². The monoisotopic (exact) mass is 378 g/mol. The molecule has 1 aromatic carbocycles. The molecule has 0 aliphatic carbocycles. The predicted molar refractivity (Wildman–Crippen MR) is 110 cm³/mol. The van der Waals surface area contributed by atoms with E-state index in [9.17, 15) is 5.11 Å². The van der Waals surface area contributed by atoms with Crippen LogP contribution in [-0.2, 0) is 17.9 Å². The SMILES string of the molecule is CCOCc1cc(CN2CCN(CC(C)(C)C)C(CCO)C2)ccc1OC. The maximum atomic E-state index is 9.51. The Bertz CT molecular complexity index is 571. The minimum atomic E-state index is 0.250. The van der Waals surface area contributed by atoms with Gasteiger partial charge in [-0.2, -0.15) is 0 Å². The minimum Gasteiger partial charge on any atom is -0.496 e. The van der Waals surface area contributed by atoms with Crippen molar-refractivity contribution in [1.82, 2.24) is 9.80 Å². The quantitative estimate of drug-likeness (QED) is 0.715. The number of nitrogens with zero attached hydrogens (tertiary/aromatic N) is 2. The van der Waals surface area contributed by atoms with E-state index in [0.717, 1.165) is 50.5 Å². The smallest absolute Gasteiger partial charge is 0.124 e. The van der Waals surface area contributed by atoms with Gasteiger partial charge in [-0.3, -0.25) is 9.80 Å². The van der Waals surface area contributed by atoms with E-state index in [-0.39, 0.29) is 12.0 Å². The molecule has 0 aromatic heterocycles. The maximum absolute atomic E-state index is 9.51. The third-order valence-electron chi connectivity index (χ3n) is 5.04. The molecule has 1 unspecified atom stereocenters. The molecule has 1 heterocycles. The molecule has 1 saturated heterocycles. The highest BCUT2D eigenvalue weighted by atomic mass is 16.5. The molecule has 0 amide bonds. The van der Waals surface area contributed by atoms with Gasteiger partial charge in [0.1, 0.15) is 5.75 Å². The number of hydrogen-bond acceptors (Lipinski definition) is 5. The summed E-state index contributed by atoms with van der Waals surface area (Å²) >= 11 is 0. The topological polar surface area (TPSA) is 45.2 Å². The summed E-state index contributed by atoms with van der Waals surface area (Å²) in [6, 6.07) is 6.82. The van der Waals surface area contributed by atoms with Crippen molar-refractivity contribution in [3.63, 3.8) is 0 Å². The lowest BCUT2D eigenvalue weighted by Crippen LogP contribution is -2.54. The Hall–Kier alpha value is -1.14. The molecule has 0 radical (unpaired) electrons. The van der Waals surface area contributed by atoms with Crippen molar-refractivity contribution in [1.29, 1.82) is 0 Å². The molecule has 27 heavy (non-hydrogen) atoms. The van der Waals surface area contributed by atoms with Crippen LogP contribution in [0.2, 0.25) is 0 Å². The van der Waals surface area contributed by atoms with E-state index < -0.39 is 0 Å². The summed E-state index contributed by atoms with van der Waals surface area (Å²) < 4.78 is 11.1. The largest absolute Gasteiger partial charge is 0.496 e. The van der Waals surface area contributed by atoms with Crippen LogP contribution >= 0.6 is 0 Å². The number of benzene rings is 1. The standard InChI is InChI=1S/C22H38N2O3/c1-6-27-16-19-13-18(7-8-21(19)26-5)14-23-10-11-24(17-22(2,3)4)20(15-23)9-12-25/h7-8,13,20,25H,6,9-12,14-17H2,1-5H3. The average Bonchev–Trinajstić information content (AvgIpc) is 2.61. The number of rotatable bonds is 9. The fourth-order valence-corrected chi connectivity index (χ4v) is 3.85. The van der Waals surface area contributed by atoms with Crippen molar-refractivity contribution in [2.24, 2.45) is 5.41 Å². The second-order valence-corrected chi connectivity index (χ2v) is 8.72. The lowest BCUT2D eigenvalue weighted by Gasteiger charge is -2.44. The van der Waals surface area contributed by atoms with Gasteiger partial charge in [-0.05, 0) is 36.5 Å². The summed E-state index contributed by atoms with van der Waals surface area (Å²) in [7, 11) is 1.71. The van der Waals surface area contributed by atoms with Gasteiger partial charge in [0.25, 0.3) is 0 Å². The normalized spacial score (nSPS) is 19.4. The van der Waals surface area contributed by atoms with Crippen LogP contribution < -0.4 is 4.74 Å². The summed E-state index contributed by atoms with van der Waals surface area (Å²) in [4.78, 5) is 5.06. The van der Waals surface area contributed by atoms with Crippen LogP contribution in [0.25, 0.3) is 0 Å². The van der Waals surface area contributed by atoms with Crippen LogP contribution in [-0.4, -0.2) is 67.5 Å². The van der Waals surface area contributed by atoms with Crippen molar-refractivity contribution < 1.29 is 14.6 Å². The first-order chi connectivity index (χ1) is 12.9. The lowest BCUT2D eigenvalue weighted by molar-refractivity contribution is 0.0339. The van der Waals surface area contributed by atoms with Crippen LogP contribution in [0.3, 0.4) is 0 Å². The highest BCUT2D eigenvalue weighted by molar-refractivity contribution is 5.37. The first-order valence-corrected chi connectivity index (χ1v) is 10.2. The molecule has 1 aliphatic rings. The Kier molecular flexibility index (Phi) is 8.55. The first-order valence-electron chi connectivity index (χ1n) is 10.2. The third-order valence-corrected chi connectivity index (χ3v) is 5.04. The molecule has 0 bridgehead atoms. The highest BCUT2D eigenvalue weighted by Crippen LogP contribution is 2.24. The van der Waals surface area contributed by atoms with E-state index >= 15 is 0 Å². The molecule has 5 heteroatoms. The molecule has 1 aromatic rings. The molecule has 0 saturated carbocycles. The van der Waals surface area contributed by atoms with Crippen molar-refractivity contribution in [3.8, 4) is 5.75 Å². The molecule has 1 N–H and O–H groups in total. The Morgan fingerprint density at radius 1 is 1.22 bits per heavy atom. The molecule has 1 atom stereocenters. The summed E-state index contributed by atoms with van der Waals surface area (Å²) in [6.45, 7) is 15.5. The molecule has 5 nitrogen and oxygen atoms in total. The summed E-state index contributed by atoms with van der Waals surface area (Å²) in [5, 5.41) is 9.51. The molecule has 1 aliphatic heterocycles. The molecule has 154 valence electrons. The van der Waals surface area contributed by atoms with Gasteiger partial charge < -0.3 is 14.6 Å². The summed E-state index contributed by atoms with van der Waals surface area (Å²) in [5.41, 5.74) is 2.67. The van der Waals surface area contributed by atoms with Gasteiger partial charge in [-0.15, -0.1) is 0 Å².